The number of thioether (sulfide) groups is 1. The second kappa shape index (κ2) is 7.50. The van der Waals surface area contributed by atoms with Gasteiger partial charge in [-0.05, 0) is 42.6 Å². The van der Waals surface area contributed by atoms with Crippen LogP contribution in [-0.2, 0) is 4.79 Å². The molecular weight excluding hydrogens is 287 g/mol. The van der Waals surface area contributed by atoms with Crippen LogP contribution in [0.1, 0.15) is 5.56 Å². The van der Waals surface area contributed by atoms with Crippen LogP contribution in [-0.4, -0.2) is 25.0 Å². The van der Waals surface area contributed by atoms with Crippen molar-refractivity contribution in [1.82, 2.24) is 0 Å². The molecule has 0 bridgehead atoms. The first kappa shape index (κ1) is 15.1. The van der Waals surface area contributed by atoms with Gasteiger partial charge in [-0.3, -0.25) is 9.98 Å². The molecule has 2 aromatic rings. The Morgan fingerprint density at radius 2 is 1.95 bits per heavy atom. The van der Waals surface area contributed by atoms with Crippen molar-refractivity contribution in [1.29, 1.82) is 0 Å². The lowest BCUT2D eigenvalue weighted by molar-refractivity contribution is -0.105. The maximum absolute atomic E-state index is 12.8. The van der Waals surface area contributed by atoms with E-state index in [4.69, 9.17) is 0 Å². The maximum Gasteiger partial charge on any atom is 0.130 e. The van der Waals surface area contributed by atoms with Gasteiger partial charge in [-0.15, -0.1) is 11.8 Å². The largest absolute Gasteiger partial charge is 0.302 e. The Labute approximate surface area is 126 Å². The first-order valence-corrected chi connectivity index (χ1v) is 7.18. The van der Waals surface area contributed by atoms with Crippen LogP contribution in [0, 0.1) is 5.82 Å². The van der Waals surface area contributed by atoms with Gasteiger partial charge in [0.1, 0.15) is 12.1 Å². The van der Waals surface area contributed by atoms with Gasteiger partial charge in [0.05, 0.1) is 17.1 Å². The molecule has 0 N–H and O–H groups in total. The van der Waals surface area contributed by atoms with Crippen molar-refractivity contribution >= 4 is 42.4 Å². The first-order valence-electron chi connectivity index (χ1n) is 6.20. The third-order valence-corrected chi connectivity index (χ3v) is 3.59. The van der Waals surface area contributed by atoms with Gasteiger partial charge in [0, 0.05) is 11.1 Å². The van der Waals surface area contributed by atoms with E-state index >= 15 is 0 Å². The van der Waals surface area contributed by atoms with Crippen molar-refractivity contribution in [2.24, 2.45) is 9.98 Å². The van der Waals surface area contributed by atoms with E-state index in [0.717, 1.165) is 28.1 Å². The number of carbonyl (C=O) groups excluding carboxylic acids is 1. The second-order valence-corrected chi connectivity index (χ2v) is 5.16. The SMILES string of the molecule is C=Nc1ccc(N=Cc2ccc(F)cc2)cc1SCC=O. The van der Waals surface area contributed by atoms with Gasteiger partial charge >= 0.3 is 0 Å². The van der Waals surface area contributed by atoms with Crippen molar-refractivity contribution < 1.29 is 9.18 Å². The summed E-state index contributed by atoms with van der Waals surface area (Å²) in [5, 5.41) is 0. The molecule has 0 aliphatic rings. The quantitative estimate of drug-likeness (QED) is 0.456. The van der Waals surface area contributed by atoms with Gasteiger partial charge < -0.3 is 4.79 Å². The molecule has 3 nitrogen and oxygen atoms in total. The van der Waals surface area contributed by atoms with Crippen LogP contribution in [0.15, 0.2) is 57.3 Å². The Bertz CT molecular complexity index is 668. The van der Waals surface area contributed by atoms with Crippen LogP contribution in [0.3, 0.4) is 0 Å². The summed E-state index contributed by atoms with van der Waals surface area (Å²) in [5.74, 6) is 0.0781. The van der Waals surface area contributed by atoms with Crippen molar-refractivity contribution in [3.63, 3.8) is 0 Å². The molecule has 0 unspecified atom stereocenters. The minimum atomic E-state index is -0.277. The van der Waals surface area contributed by atoms with E-state index in [1.807, 2.05) is 12.1 Å². The van der Waals surface area contributed by atoms with E-state index in [1.165, 1.54) is 23.9 Å². The van der Waals surface area contributed by atoms with Crippen LogP contribution in [0.4, 0.5) is 15.8 Å². The number of nitrogens with zero attached hydrogens (tertiary/aromatic N) is 2. The molecule has 0 saturated carbocycles. The lowest BCUT2D eigenvalue weighted by Gasteiger charge is -2.04. The molecule has 0 aromatic heterocycles. The predicted octanol–water partition coefficient (Wildman–Crippen LogP) is 4.20. The zero-order chi connectivity index (χ0) is 15.1. The summed E-state index contributed by atoms with van der Waals surface area (Å²) in [4.78, 5) is 19.6. The normalized spacial score (nSPS) is 10.7. The molecule has 2 aromatic carbocycles. The van der Waals surface area contributed by atoms with Crippen LogP contribution in [0.25, 0.3) is 0 Å². The van der Waals surface area contributed by atoms with E-state index in [0.29, 0.717) is 5.75 Å². The molecule has 0 fully saturated rings. The monoisotopic (exact) mass is 300 g/mol. The standard InChI is InChI=1S/C16H13FN2OS/c1-18-15-7-6-14(10-16(15)21-9-8-20)19-11-12-2-4-13(17)5-3-12/h2-8,10-11H,1,9H2. The molecule has 0 spiro atoms. The number of halogens is 1. The number of aldehydes is 1. The highest BCUT2D eigenvalue weighted by molar-refractivity contribution is 8.00. The van der Waals surface area contributed by atoms with Crippen molar-refractivity contribution in [3.8, 4) is 0 Å². The van der Waals surface area contributed by atoms with E-state index in [1.54, 1.807) is 24.4 Å². The van der Waals surface area contributed by atoms with E-state index in [9.17, 15) is 9.18 Å². The summed E-state index contributed by atoms with van der Waals surface area (Å²) >= 11 is 1.38. The van der Waals surface area contributed by atoms with Crippen LogP contribution < -0.4 is 0 Å². The second-order valence-electron chi connectivity index (χ2n) is 4.10. The first-order chi connectivity index (χ1) is 10.2. The van der Waals surface area contributed by atoms with Gasteiger partial charge in [0.15, 0.2) is 0 Å². The molecule has 0 heterocycles. The molecule has 0 amide bonds. The van der Waals surface area contributed by atoms with Gasteiger partial charge in [-0.2, -0.15) is 0 Å². The highest BCUT2D eigenvalue weighted by Gasteiger charge is 2.02. The fraction of sp³-hybridized carbons (Fsp3) is 0.0625. The summed E-state index contributed by atoms with van der Waals surface area (Å²) in [6.07, 6.45) is 2.50. The Morgan fingerprint density at radius 3 is 2.62 bits per heavy atom. The van der Waals surface area contributed by atoms with Crippen LogP contribution in [0.5, 0.6) is 0 Å². The average Bonchev–Trinajstić information content (AvgIpc) is 2.52. The van der Waals surface area contributed by atoms with E-state index < -0.39 is 0 Å². The fourth-order valence-electron chi connectivity index (χ4n) is 1.65. The number of aliphatic imine (C=N–C) groups is 2. The number of hydrogen-bond donors (Lipinski definition) is 0. The molecule has 106 valence electrons. The number of benzene rings is 2. The third kappa shape index (κ3) is 4.36. The number of hydrogen-bond acceptors (Lipinski definition) is 4. The molecule has 5 heteroatoms. The summed E-state index contributed by atoms with van der Waals surface area (Å²) in [6.45, 7) is 3.51. The van der Waals surface area contributed by atoms with Gasteiger partial charge in [-0.1, -0.05) is 12.1 Å². The molecule has 21 heavy (non-hydrogen) atoms. The van der Waals surface area contributed by atoms with Crippen LogP contribution in [0.2, 0.25) is 0 Å². The molecule has 0 aliphatic carbocycles. The minimum absolute atomic E-state index is 0.277. The highest BCUT2D eigenvalue weighted by atomic mass is 32.2. The Balaban J connectivity index is 2.21. The van der Waals surface area contributed by atoms with Gasteiger partial charge in [0.2, 0.25) is 0 Å². The Kier molecular flexibility index (Phi) is 5.40. The summed E-state index contributed by atoms with van der Waals surface area (Å²) in [6, 6.07) is 11.5. The highest BCUT2D eigenvalue weighted by Crippen LogP contribution is 2.32. The Morgan fingerprint density at radius 1 is 1.19 bits per heavy atom. The van der Waals surface area contributed by atoms with E-state index in [2.05, 4.69) is 16.7 Å². The minimum Gasteiger partial charge on any atom is -0.302 e. The maximum atomic E-state index is 12.8. The van der Waals surface area contributed by atoms with Crippen molar-refractivity contribution in [2.75, 3.05) is 5.75 Å². The topological polar surface area (TPSA) is 41.8 Å². The zero-order valence-electron chi connectivity index (χ0n) is 11.2. The van der Waals surface area contributed by atoms with E-state index in [-0.39, 0.29) is 5.82 Å². The molecule has 2 rings (SSSR count). The lowest BCUT2D eigenvalue weighted by Crippen LogP contribution is -1.82. The summed E-state index contributed by atoms with van der Waals surface area (Å²) in [5.41, 5.74) is 2.27. The summed E-state index contributed by atoms with van der Waals surface area (Å²) in [7, 11) is 0. The predicted molar refractivity (Wildman–Crippen MR) is 86.1 cm³/mol. The van der Waals surface area contributed by atoms with Crippen molar-refractivity contribution in [3.05, 3.63) is 53.8 Å². The molecular formula is C16H13FN2OS. The molecule has 0 saturated heterocycles. The average molecular weight is 300 g/mol. The Hall–Kier alpha value is -2.27. The molecule has 0 aliphatic heterocycles. The molecule has 0 radical (unpaired) electrons. The lowest BCUT2D eigenvalue weighted by atomic mass is 10.2. The summed E-state index contributed by atoms with van der Waals surface area (Å²) < 4.78 is 12.8. The van der Waals surface area contributed by atoms with Crippen LogP contribution >= 0.6 is 11.8 Å². The third-order valence-electron chi connectivity index (χ3n) is 2.65. The number of rotatable bonds is 6. The fourth-order valence-corrected chi connectivity index (χ4v) is 2.38. The smallest absolute Gasteiger partial charge is 0.130 e. The van der Waals surface area contributed by atoms with Gasteiger partial charge in [-0.25, -0.2) is 4.39 Å². The van der Waals surface area contributed by atoms with Gasteiger partial charge in [0.25, 0.3) is 0 Å². The molecule has 0 atom stereocenters. The zero-order valence-corrected chi connectivity index (χ0v) is 12.0. The number of carbonyl (C=O) groups is 1. The van der Waals surface area contributed by atoms with Crippen molar-refractivity contribution in [2.45, 2.75) is 4.90 Å².